The smallest absolute Gasteiger partial charge is 0.251 e. The van der Waals surface area contributed by atoms with Gasteiger partial charge in [0.25, 0.3) is 5.91 Å². The second-order valence-corrected chi connectivity index (χ2v) is 8.88. The fraction of sp³-hybridized carbons (Fsp3) is 0.440. The molecule has 1 aliphatic heterocycles. The van der Waals surface area contributed by atoms with Crippen LogP contribution in [0.5, 0.6) is 5.75 Å². The van der Waals surface area contributed by atoms with Gasteiger partial charge in [0.15, 0.2) is 0 Å². The van der Waals surface area contributed by atoms with Gasteiger partial charge in [-0.05, 0) is 62.2 Å². The van der Waals surface area contributed by atoms with Crippen LogP contribution in [0.4, 0.5) is 0 Å². The topological polar surface area (TPSA) is 70.7 Å². The van der Waals surface area contributed by atoms with Gasteiger partial charge in [0.1, 0.15) is 11.8 Å². The Kier molecular flexibility index (Phi) is 8.53. The first-order valence-corrected chi connectivity index (χ1v) is 11.5. The molecule has 1 heterocycles. The highest BCUT2D eigenvalue weighted by Gasteiger charge is 2.29. The zero-order chi connectivity index (χ0) is 23.1. The lowest BCUT2D eigenvalue weighted by Crippen LogP contribution is -2.51. The zero-order valence-corrected chi connectivity index (χ0v) is 19.7. The van der Waals surface area contributed by atoms with Gasteiger partial charge in [-0.1, -0.05) is 43.6 Å². The van der Waals surface area contributed by atoms with Gasteiger partial charge in [-0.3, -0.25) is 14.5 Å². The van der Waals surface area contributed by atoms with E-state index in [0.29, 0.717) is 17.1 Å². The number of likely N-dealkylation sites (tertiary alicyclic amines) is 1. The molecule has 2 aromatic rings. The van der Waals surface area contributed by atoms with Crippen molar-refractivity contribution in [1.29, 1.82) is 0 Å². The SMILES string of the molecule is COc1ccccc1[C@@H](CNC(=O)[C@H](NC(=O)c1ccc(Cl)cc1)C(C)C)N1CCCC1. The van der Waals surface area contributed by atoms with E-state index >= 15 is 0 Å². The molecule has 2 atom stereocenters. The number of nitrogens with zero attached hydrogens (tertiary/aromatic N) is 1. The van der Waals surface area contributed by atoms with Crippen molar-refractivity contribution in [3.05, 3.63) is 64.7 Å². The minimum Gasteiger partial charge on any atom is -0.496 e. The predicted octanol–water partition coefficient (Wildman–Crippen LogP) is 4.06. The van der Waals surface area contributed by atoms with E-state index in [9.17, 15) is 9.59 Å². The molecule has 6 nitrogen and oxygen atoms in total. The molecule has 0 bridgehead atoms. The van der Waals surface area contributed by atoms with Gasteiger partial charge >= 0.3 is 0 Å². The lowest BCUT2D eigenvalue weighted by molar-refractivity contribution is -0.124. The van der Waals surface area contributed by atoms with E-state index in [1.807, 2.05) is 32.0 Å². The molecule has 2 aromatic carbocycles. The second-order valence-electron chi connectivity index (χ2n) is 8.45. The van der Waals surface area contributed by atoms with E-state index in [1.165, 1.54) is 0 Å². The fourth-order valence-electron chi connectivity index (χ4n) is 4.10. The largest absolute Gasteiger partial charge is 0.496 e. The van der Waals surface area contributed by atoms with Crippen LogP contribution in [0.1, 0.15) is 48.7 Å². The van der Waals surface area contributed by atoms with E-state index in [0.717, 1.165) is 37.2 Å². The number of methoxy groups -OCH3 is 1. The van der Waals surface area contributed by atoms with Crippen molar-refractivity contribution in [1.82, 2.24) is 15.5 Å². The summed E-state index contributed by atoms with van der Waals surface area (Å²) in [5.41, 5.74) is 1.53. The maximum Gasteiger partial charge on any atom is 0.251 e. The molecular formula is C25H32ClN3O3. The van der Waals surface area contributed by atoms with Crippen LogP contribution in [0, 0.1) is 5.92 Å². The third kappa shape index (κ3) is 6.02. The number of rotatable bonds is 9. The maximum atomic E-state index is 13.1. The molecule has 0 aliphatic carbocycles. The zero-order valence-electron chi connectivity index (χ0n) is 18.9. The summed E-state index contributed by atoms with van der Waals surface area (Å²) in [5, 5.41) is 6.52. The summed E-state index contributed by atoms with van der Waals surface area (Å²) in [4.78, 5) is 28.2. The van der Waals surface area contributed by atoms with Gasteiger partial charge in [0, 0.05) is 22.7 Å². The molecule has 2 amide bonds. The first kappa shape index (κ1) is 24.1. The van der Waals surface area contributed by atoms with E-state index < -0.39 is 6.04 Å². The Morgan fingerprint density at radius 1 is 1.06 bits per heavy atom. The molecule has 0 radical (unpaired) electrons. The predicted molar refractivity (Wildman–Crippen MR) is 127 cm³/mol. The molecule has 1 aliphatic rings. The van der Waals surface area contributed by atoms with Crippen LogP contribution < -0.4 is 15.4 Å². The average molecular weight is 458 g/mol. The summed E-state index contributed by atoms with van der Waals surface area (Å²) in [6, 6.07) is 13.9. The van der Waals surface area contributed by atoms with Gasteiger partial charge in [-0.15, -0.1) is 0 Å². The normalized spacial score (nSPS) is 15.9. The fourth-order valence-corrected chi connectivity index (χ4v) is 4.22. The Morgan fingerprint density at radius 3 is 2.34 bits per heavy atom. The number of carbonyl (C=O) groups is 2. The van der Waals surface area contributed by atoms with Crippen molar-refractivity contribution in [2.75, 3.05) is 26.7 Å². The number of carbonyl (C=O) groups excluding carboxylic acids is 2. The Bertz CT molecular complexity index is 911. The second kappa shape index (κ2) is 11.3. The van der Waals surface area contributed by atoms with Crippen LogP contribution in [0.25, 0.3) is 0 Å². The average Bonchev–Trinajstić information content (AvgIpc) is 3.32. The molecule has 1 fully saturated rings. The Hall–Kier alpha value is -2.57. The van der Waals surface area contributed by atoms with Crippen LogP contribution in [0.2, 0.25) is 5.02 Å². The molecule has 0 unspecified atom stereocenters. The quantitative estimate of drug-likeness (QED) is 0.595. The van der Waals surface area contributed by atoms with Crippen molar-refractivity contribution >= 4 is 23.4 Å². The van der Waals surface area contributed by atoms with E-state index in [1.54, 1.807) is 31.4 Å². The molecule has 172 valence electrons. The number of amides is 2. The lowest BCUT2D eigenvalue weighted by atomic mass is 10.0. The Morgan fingerprint density at radius 2 is 1.72 bits per heavy atom. The highest BCUT2D eigenvalue weighted by Crippen LogP contribution is 2.31. The van der Waals surface area contributed by atoms with Crippen LogP contribution >= 0.6 is 11.6 Å². The molecule has 1 saturated heterocycles. The van der Waals surface area contributed by atoms with Gasteiger partial charge in [0.2, 0.25) is 5.91 Å². The van der Waals surface area contributed by atoms with Crippen molar-refractivity contribution in [2.45, 2.75) is 38.8 Å². The number of nitrogens with one attached hydrogen (secondary N) is 2. The summed E-state index contributed by atoms with van der Waals surface area (Å²) < 4.78 is 5.58. The van der Waals surface area contributed by atoms with Gasteiger partial charge < -0.3 is 15.4 Å². The molecule has 32 heavy (non-hydrogen) atoms. The number of halogens is 1. The van der Waals surface area contributed by atoms with Crippen LogP contribution in [-0.4, -0.2) is 49.5 Å². The van der Waals surface area contributed by atoms with Gasteiger partial charge in [-0.25, -0.2) is 0 Å². The first-order valence-electron chi connectivity index (χ1n) is 11.1. The van der Waals surface area contributed by atoms with Crippen molar-refractivity contribution in [2.24, 2.45) is 5.92 Å². The minimum absolute atomic E-state index is 0.0115. The summed E-state index contributed by atoms with van der Waals surface area (Å²) in [6.07, 6.45) is 2.29. The van der Waals surface area contributed by atoms with Crippen molar-refractivity contribution < 1.29 is 14.3 Å². The molecule has 2 N–H and O–H groups in total. The Balaban J connectivity index is 1.71. The number of hydrogen-bond acceptors (Lipinski definition) is 4. The van der Waals surface area contributed by atoms with E-state index in [-0.39, 0.29) is 23.8 Å². The van der Waals surface area contributed by atoms with Crippen molar-refractivity contribution in [3.8, 4) is 5.75 Å². The standard InChI is InChI=1S/C25H32ClN3O3/c1-17(2)23(28-24(30)18-10-12-19(26)13-11-18)25(31)27-16-21(29-14-6-7-15-29)20-8-4-5-9-22(20)32-3/h4-5,8-13,17,21,23H,6-7,14-16H2,1-3H3,(H,27,31)(H,28,30)/t21-,23-/m1/s1. The lowest BCUT2D eigenvalue weighted by Gasteiger charge is -2.30. The molecular weight excluding hydrogens is 426 g/mol. The van der Waals surface area contributed by atoms with Crippen LogP contribution in [0.15, 0.2) is 48.5 Å². The summed E-state index contributed by atoms with van der Waals surface area (Å²) in [7, 11) is 1.67. The molecule has 0 spiro atoms. The monoisotopic (exact) mass is 457 g/mol. The summed E-state index contributed by atoms with van der Waals surface area (Å²) >= 11 is 5.91. The first-order chi connectivity index (χ1) is 15.4. The Labute approximate surface area is 195 Å². The van der Waals surface area contributed by atoms with Gasteiger partial charge in [-0.2, -0.15) is 0 Å². The van der Waals surface area contributed by atoms with Crippen LogP contribution in [0.3, 0.4) is 0 Å². The number of ether oxygens (including phenoxy) is 1. The minimum atomic E-state index is -0.643. The number of benzene rings is 2. The number of hydrogen-bond donors (Lipinski definition) is 2. The third-order valence-corrected chi connectivity index (χ3v) is 6.14. The van der Waals surface area contributed by atoms with E-state index in [4.69, 9.17) is 16.3 Å². The third-order valence-electron chi connectivity index (χ3n) is 5.89. The molecule has 7 heteroatoms. The van der Waals surface area contributed by atoms with Crippen LogP contribution in [-0.2, 0) is 4.79 Å². The highest BCUT2D eigenvalue weighted by molar-refractivity contribution is 6.30. The van der Waals surface area contributed by atoms with Crippen molar-refractivity contribution in [3.63, 3.8) is 0 Å². The van der Waals surface area contributed by atoms with E-state index in [2.05, 4.69) is 21.6 Å². The number of para-hydroxylation sites is 1. The van der Waals surface area contributed by atoms with Gasteiger partial charge in [0.05, 0.1) is 13.2 Å². The molecule has 0 saturated carbocycles. The highest BCUT2D eigenvalue weighted by atomic mass is 35.5. The molecule has 0 aromatic heterocycles. The summed E-state index contributed by atoms with van der Waals surface area (Å²) in [5.74, 6) is 0.260. The summed E-state index contributed by atoms with van der Waals surface area (Å²) in [6.45, 7) is 6.26. The maximum absolute atomic E-state index is 13.1. The molecule has 3 rings (SSSR count).